The molecule has 0 bridgehead atoms. The Morgan fingerprint density at radius 2 is 2.04 bits per heavy atom. The Morgan fingerprint density at radius 1 is 1.11 bits per heavy atom. The fourth-order valence-electron chi connectivity index (χ4n) is 4.69. The van der Waals surface area contributed by atoms with E-state index in [0.717, 1.165) is 36.3 Å². The molecule has 0 N–H and O–H groups in total. The molecular formula is C24H25NO2. The van der Waals surface area contributed by atoms with E-state index in [1.807, 2.05) is 6.07 Å². The maximum absolute atomic E-state index is 11.9. The molecule has 27 heavy (non-hydrogen) atoms. The summed E-state index contributed by atoms with van der Waals surface area (Å²) in [5.41, 5.74) is 5.40. The molecule has 0 saturated carbocycles. The zero-order valence-corrected chi connectivity index (χ0v) is 15.8. The number of hydrogen-bond donors (Lipinski definition) is 0. The van der Waals surface area contributed by atoms with Crippen molar-refractivity contribution < 1.29 is 9.21 Å². The first-order valence-corrected chi connectivity index (χ1v) is 10.1. The lowest BCUT2D eigenvalue weighted by Crippen LogP contribution is -2.28. The van der Waals surface area contributed by atoms with Crippen LogP contribution >= 0.6 is 0 Å². The monoisotopic (exact) mass is 359 g/mol. The van der Waals surface area contributed by atoms with Crippen molar-refractivity contribution in [3.05, 3.63) is 59.4 Å². The van der Waals surface area contributed by atoms with E-state index in [0.29, 0.717) is 12.5 Å². The van der Waals surface area contributed by atoms with E-state index in [2.05, 4.69) is 48.2 Å². The van der Waals surface area contributed by atoms with E-state index < -0.39 is 0 Å². The van der Waals surface area contributed by atoms with Crippen molar-refractivity contribution in [1.82, 2.24) is 4.90 Å². The molecule has 1 atom stereocenters. The summed E-state index contributed by atoms with van der Waals surface area (Å²) in [6.45, 7) is 4.60. The third-order valence-electron chi connectivity index (χ3n) is 6.29. The minimum absolute atomic E-state index is 0.275. The number of fused-ring (bicyclic) bond motifs is 2. The lowest BCUT2D eigenvalue weighted by molar-refractivity contribution is 0.0994. The number of Topliss-reactive ketones (excluding diaryl/α,β-unsaturated/α-hetero) is 1. The first kappa shape index (κ1) is 16.8. The zero-order chi connectivity index (χ0) is 18.4. The summed E-state index contributed by atoms with van der Waals surface area (Å²) < 4.78 is 6.15. The smallest absolute Gasteiger partial charge is 0.163 e. The van der Waals surface area contributed by atoms with Gasteiger partial charge in [-0.1, -0.05) is 30.3 Å². The predicted molar refractivity (Wildman–Crippen MR) is 108 cm³/mol. The number of benzene rings is 2. The maximum Gasteiger partial charge on any atom is 0.163 e. The second kappa shape index (κ2) is 6.65. The van der Waals surface area contributed by atoms with Crippen LogP contribution in [0, 0.1) is 0 Å². The molecule has 5 rings (SSSR count). The number of hydrogen-bond acceptors (Lipinski definition) is 3. The van der Waals surface area contributed by atoms with Gasteiger partial charge in [0.25, 0.3) is 0 Å². The molecule has 1 aliphatic carbocycles. The Hall–Kier alpha value is -2.39. The summed E-state index contributed by atoms with van der Waals surface area (Å²) in [6, 6.07) is 15.4. The number of carbonyl (C=O) groups excluding carboxylic acids is 1. The van der Waals surface area contributed by atoms with Crippen molar-refractivity contribution in [3.8, 4) is 11.1 Å². The third-order valence-corrected chi connectivity index (χ3v) is 6.29. The third kappa shape index (κ3) is 3.00. The van der Waals surface area contributed by atoms with Crippen LogP contribution in [0.2, 0.25) is 0 Å². The van der Waals surface area contributed by atoms with E-state index in [1.165, 1.54) is 41.5 Å². The Kier molecular flexibility index (Phi) is 4.13. The van der Waals surface area contributed by atoms with Crippen molar-refractivity contribution in [2.75, 3.05) is 13.1 Å². The fourth-order valence-corrected chi connectivity index (χ4v) is 4.69. The van der Waals surface area contributed by atoms with Gasteiger partial charge in [0.15, 0.2) is 5.78 Å². The van der Waals surface area contributed by atoms with Crippen molar-refractivity contribution in [3.63, 3.8) is 0 Å². The second-order valence-corrected chi connectivity index (χ2v) is 8.00. The van der Waals surface area contributed by atoms with Crippen molar-refractivity contribution in [1.29, 1.82) is 0 Å². The molecule has 0 amide bonds. The molecule has 1 aliphatic heterocycles. The number of carbonyl (C=O) groups is 1. The summed E-state index contributed by atoms with van der Waals surface area (Å²) in [5.74, 6) is 1.34. The SMILES string of the molecule is C[C@@H]1CCCN1CCc1cc2c(-c3ccc4c(c3)CCC4=O)cccc2o1. The normalized spacial score (nSPS) is 19.9. The molecule has 3 aromatic rings. The number of likely N-dealkylation sites (tertiary alicyclic amines) is 1. The summed E-state index contributed by atoms with van der Waals surface area (Å²) in [6.07, 6.45) is 5.09. The van der Waals surface area contributed by atoms with Crippen molar-refractivity contribution >= 4 is 16.8 Å². The van der Waals surface area contributed by atoms with Crippen LogP contribution < -0.4 is 0 Å². The molecule has 0 radical (unpaired) electrons. The molecular weight excluding hydrogens is 334 g/mol. The minimum Gasteiger partial charge on any atom is -0.461 e. The molecule has 1 fully saturated rings. The molecule has 1 aromatic heterocycles. The largest absolute Gasteiger partial charge is 0.461 e. The van der Waals surface area contributed by atoms with Gasteiger partial charge in [-0.15, -0.1) is 0 Å². The molecule has 138 valence electrons. The Morgan fingerprint density at radius 3 is 2.89 bits per heavy atom. The standard InChI is InChI=1S/C24H25NO2/c1-16-4-3-12-25(16)13-11-19-15-22-20(5-2-6-24(22)27-19)17-7-9-21-18(14-17)8-10-23(21)26/h2,5-7,9,14-16H,3-4,8,10-13H2,1H3/t16-/m1/s1. The summed E-state index contributed by atoms with van der Waals surface area (Å²) in [7, 11) is 0. The number of ketones is 1. The average molecular weight is 359 g/mol. The van der Waals surface area contributed by atoms with E-state index in [4.69, 9.17) is 4.42 Å². The lowest BCUT2D eigenvalue weighted by Gasteiger charge is -2.19. The van der Waals surface area contributed by atoms with Crippen molar-refractivity contribution in [2.45, 2.75) is 45.1 Å². The van der Waals surface area contributed by atoms with Gasteiger partial charge in [0.2, 0.25) is 0 Å². The molecule has 3 heteroatoms. The Balaban J connectivity index is 1.45. The van der Waals surface area contributed by atoms with E-state index in [9.17, 15) is 4.79 Å². The molecule has 0 spiro atoms. The topological polar surface area (TPSA) is 33.5 Å². The highest BCUT2D eigenvalue weighted by Crippen LogP contribution is 2.34. The molecule has 3 nitrogen and oxygen atoms in total. The quantitative estimate of drug-likeness (QED) is 0.637. The average Bonchev–Trinajstić information content (AvgIpc) is 3.38. The maximum atomic E-state index is 11.9. The van der Waals surface area contributed by atoms with Crippen LogP contribution in [0.1, 0.15) is 47.9 Å². The number of rotatable bonds is 4. The van der Waals surface area contributed by atoms with Crippen LogP contribution in [0.25, 0.3) is 22.1 Å². The van der Waals surface area contributed by atoms with Gasteiger partial charge in [0.05, 0.1) is 0 Å². The highest BCUT2D eigenvalue weighted by atomic mass is 16.3. The van der Waals surface area contributed by atoms with Crippen molar-refractivity contribution in [2.24, 2.45) is 0 Å². The molecule has 1 saturated heterocycles. The van der Waals surface area contributed by atoms with Crippen LogP contribution in [-0.2, 0) is 12.8 Å². The highest BCUT2D eigenvalue weighted by Gasteiger charge is 2.21. The number of furan rings is 1. The predicted octanol–water partition coefficient (Wildman–Crippen LogP) is 5.26. The number of nitrogens with zero attached hydrogens (tertiary/aromatic N) is 1. The second-order valence-electron chi connectivity index (χ2n) is 8.00. The van der Waals surface area contributed by atoms with E-state index in [1.54, 1.807) is 0 Å². The Bertz CT molecular complexity index is 1020. The van der Waals surface area contributed by atoms with Gasteiger partial charge in [0, 0.05) is 36.4 Å². The van der Waals surface area contributed by atoms with Gasteiger partial charge in [-0.2, -0.15) is 0 Å². The Labute approximate surface area is 160 Å². The molecule has 2 aliphatic rings. The highest BCUT2D eigenvalue weighted by molar-refractivity contribution is 6.02. The van der Waals surface area contributed by atoms with Crippen LogP contribution in [0.3, 0.4) is 0 Å². The first-order valence-electron chi connectivity index (χ1n) is 10.1. The van der Waals surface area contributed by atoms with Crippen LogP contribution in [0.4, 0.5) is 0 Å². The fraction of sp³-hybridized carbons (Fsp3) is 0.375. The van der Waals surface area contributed by atoms with Gasteiger partial charge in [0.1, 0.15) is 11.3 Å². The minimum atomic E-state index is 0.275. The van der Waals surface area contributed by atoms with Gasteiger partial charge in [-0.25, -0.2) is 0 Å². The molecule has 0 unspecified atom stereocenters. The molecule has 2 heterocycles. The van der Waals surface area contributed by atoms with Crippen LogP contribution in [0.5, 0.6) is 0 Å². The van der Waals surface area contributed by atoms with Gasteiger partial charge in [-0.3, -0.25) is 4.79 Å². The number of aryl methyl sites for hydroxylation is 1. The van der Waals surface area contributed by atoms with Crippen LogP contribution in [0.15, 0.2) is 46.9 Å². The lowest BCUT2D eigenvalue weighted by atomic mass is 9.98. The van der Waals surface area contributed by atoms with Crippen LogP contribution in [-0.4, -0.2) is 29.8 Å². The summed E-state index contributed by atoms with van der Waals surface area (Å²) >= 11 is 0. The van der Waals surface area contributed by atoms with E-state index >= 15 is 0 Å². The summed E-state index contributed by atoms with van der Waals surface area (Å²) in [5, 5.41) is 1.17. The molecule has 2 aromatic carbocycles. The van der Waals surface area contributed by atoms with E-state index in [-0.39, 0.29) is 5.78 Å². The summed E-state index contributed by atoms with van der Waals surface area (Å²) in [4.78, 5) is 14.5. The zero-order valence-electron chi connectivity index (χ0n) is 15.8. The van der Waals surface area contributed by atoms with Gasteiger partial charge < -0.3 is 9.32 Å². The first-order chi connectivity index (χ1) is 13.2. The van der Waals surface area contributed by atoms with Gasteiger partial charge in [-0.05, 0) is 61.6 Å². The van der Waals surface area contributed by atoms with Gasteiger partial charge >= 0.3 is 0 Å².